The second-order valence-corrected chi connectivity index (χ2v) is 7.31. The van der Waals surface area contributed by atoms with E-state index in [1.54, 1.807) is 19.2 Å². The van der Waals surface area contributed by atoms with E-state index in [-0.39, 0.29) is 0 Å². The van der Waals surface area contributed by atoms with Crippen LogP contribution in [0.3, 0.4) is 0 Å². The molecule has 7 nitrogen and oxygen atoms in total. The van der Waals surface area contributed by atoms with Gasteiger partial charge in [0.2, 0.25) is 0 Å². The van der Waals surface area contributed by atoms with Crippen molar-refractivity contribution in [1.82, 2.24) is 14.9 Å². The lowest BCUT2D eigenvalue weighted by molar-refractivity contribution is 0.254. The Kier molecular flexibility index (Phi) is 6.26. The molecule has 7 heteroatoms. The molecule has 1 saturated heterocycles. The molecule has 3 aromatic rings. The predicted molar refractivity (Wildman–Crippen MR) is 116 cm³/mol. The number of nitrogens with one attached hydrogen (secondary N) is 1. The third-order valence-electron chi connectivity index (χ3n) is 5.25. The molecule has 0 unspecified atom stereocenters. The highest BCUT2D eigenvalue weighted by Gasteiger charge is 2.13. The number of hydrogen-bond donors (Lipinski definition) is 1. The minimum absolute atomic E-state index is 0.584. The molecular weight excluding hydrogens is 378 g/mol. The molecule has 1 fully saturated rings. The Balaban J connectivity index is 1.52. The van der Waals surface area contributed by atoms with Crippen molar-refractivity contribution >= 4 is 22.4 Å². The van der Waals surface area contributed by atoms with Crippen LogP contribution in [0.15, 0.2) is 42.7 Å². The number of likely N-dealkylation sites (tertiary alicyclic amines) is 1. The summed E-state index contributed by atoms with van der Waals surface area (Å²) in [5.74, 6) is 1.98. The van der Waals surface area contributed by atoms with Crippen molar-refractivity contribution in [3.8, 4) is 17.6 Å². The van der Waals surface area contributed by atoms with Crippen LogP contribution in [0.25, 0.3) is 10.9 Å². The number of hydrogen-bond acceptors (Lipinski definition) is 7. The third-order valence-corrected chi connectivity index (χ3v) is 5.25. The maximum Gasteiger partial charge on any atom is 0.163 e. The van der Waals surface area contributed by atoms with E-state index in [9.17, 15) is 0 Å². The lowest BCUT2D eigenvalue weighted by Gasteiger charge is -2.16. The zero-order valence-electron chi connectivity index (χ0n) is 17.1. The molecular formula is C23H25N5O2. The largest absolute Gasteiger partial charge is 0.493 e. The normalized spacial score (nSPS) is 13.9. The summed E-state index contributed by atoms with van der Waals surface area (Å²) in [6.45, 7) is 4.09. The fourth-order valence-corrected chi connectivity index (χ4v) is 3.72. The van der Waals surface area contributed by atoms with E-state index in [1.807, 2.05) is 24.3 Å². The molecule has 0 atom stereocenters. The lowest BCUT2D eigenvalue weighted by Crippen LogP contribution is -2.21. The number of methoxy groups -OCH3 is 1. The Labute approximate surface area is 176 Å². The third kappa shape index (κ3) is 4.61. The Hall–Kier alpha value is -3.37. The molecule has 0 spiro atoms. The van der Waals surface area contributed by atoms with Crippen molar-refractivity contribution < 1.29 is 9.47 Å². The second-order valence-electron chi connectivity index (χ2n) is 7.31. The van der Waals surface area contributed by atoms with Crippen LogP contribution in [0.2, 0.25) is 0 Å². The van der Waals surface area contributed by atoms with Gasteiger partial charge < -0.3 is 19.7 Å². The predicted octanol–water partition coefficient (Wildman–Crippen LogP) is 4.12. The van der Waals surface area contributed by atoms with Crippen LogP contribution in [-0.2, 0) is 0 Å². The highest BCUT2D eigenvalue weighted by Crippen LogP contribution is 2.34. The van der Waals surface area contributed by atoms with Crippen LogP contribution in [0.4, 0.5) is 11.5 Å². The van der Waals surface area contributed by atoms with Gasteiger partial charge in [0.15, 0.2) is 11.5 Å². The quantitative estimate of drug-likeness (QED) is 0.567. The van der Waals surface area contributed by atoms with Crippen molar-refractivity contribution in [1.29, 1.82) is 5.26 Å². The first-order valence-corrected chi connectivity index (χ1v) is 10.2. The van der Waals surface area contributed by atoms with Gasteiger partial charge >= 0.3 is 0 Å². The maximum atomic E-state index is 9.11. The van der Waals surface area contributed by atoms with E-state index >= 15 is 0 Å². The molecule has 0 aliphatic carbocycles. The van der Waals surface area contributed by atoms with Gasteiger partial charge in [0, 0.05) is 23.7 Å². The highest BCUT2D eigenvalue weighted by molar-refractivity contribution is 5.93. The molecule has 1 aliphatic rings. The topological polar surface area (TPSA) is 83.3 Å². The van der Waals surface area contributed by atoms with E-state index in [0.717, 1.165) is 29.6 Å². The van der Waals surface area contributed by atoms with Gasteiger partial charge in [-0.2, -0.15) is 5.26 Å². The smallest absolute Gasteiger partial charge is 0.163 e. The molecule has 4 rings (SSSR count). The summed E-state index contributed by atoms with van der Waals surface area (Å²) in [7, 11) is 1.63. The fourth-order valence-electron chi connectivity index (χ4n) is 3.72. The Bertz CT molecular complexity index is 1060. The minimum atomic E-state index is 0.584. The first-order valence-electron chi connectivity index (χ1n) is 10.2. The van der Waals surface area contributed by atoms with Gasteiger partial charge in [-0.1, -0.05) is 6.07 Å². The Morgan fingerprint density at radius 3 is 2.80 bits per heavy atom. The molecule has 0 saturated carbocycles. The Morgan fingerprint density at radius 2 is 2.00 bits per heavy atom. The maximum absolute atomic E-state index is 9.11. The number of nitrogens with zero attached hydrogens (tertiary/aromatic N) is 4. The number of anilines is 2. The van der Waals surface area contributed by atoms with Gasteiger partial charge in [-0.3, -0.25) is 0 Å². The number of nitriles is 1. The van der Waals surface area contributed by atoms with E-state index in [4.69, 9.17) is 14.7 Å². The zero-order chi connectivity index (χ0) is 20.8. The standard InChI is InChI=1S/C23H25N5O2/c1-29-21-13-19-20(14-22(21)30-11-5-10-28-8-2-3-9-28)25-16-26-23(19)27-18-7-4-6-17(12-18)15-24/h4,6-7,12-14,16H,2-3,5,8-11H2,1H3,(H,25,26,27). The monoisotopic (exact) mass is 403 g/mol. The van der Waals surface area contributed by atoms with E-state index < -0.39 is 0 Å². The van der Waals surface area contributed by atoms with Crippen molar-refractivity contribution in [2.75, 3.05) is 38.7 Å². The van der Waals surface area contributed by atoms with Crippen LogP contribution in [-0.4, -0.2) is 48.2 Å². The number of benzene rings is 2. The number of aromatic nitrogens is 2. The van der Waals surface area contributed by atoms with Crippen LogP contribution in [0.1, 0.15) is 24.8 Å². The molecule has 1 N–H and O–H groups in total. The van der Waals surface area contributed by atoms with Crippen molar-refractivity contribution in [2.24, 2.45) is 0 Å². The summed E-state index contributed by atoms with van der Waals surface area (Å²) in [4.78, 5) is 11.3. The van der Waals surface area contributed by atoms with E-state index in [2.05, 4.69) is 26.3 Å². The molecule has 0 amide bonds. The number of ether oxygens (including phenoxy) is 2. The molecule has 1 aliphatic heterocycles. The molecule has 0 bridgehead atoms. The molecule has 2 aromatic carbocycles. The molecule has 2 heterocycles. The van der Waals surface area contributed by atoms with Crippen LogP contribution >= 0.6 is 0 Å². The highest BCUT2D eigenvalue weighted by atomic mass is 16.5. The second kappa shape index (κ2) is 9.42. The summed E-state index contributed by atoms with van der Waals surface area (Å²) < 4.78 is 11.6. The molecule has 0 radical (unpaired) electrons. The molecule has 30 heavy (non-hydrogen) atoms. The summed E-state index contributed by atoms with van der Waals surface area (Å²) in [6, 6.07) is 13.2. The minimum Gasteiger partial charge on any atom is -0.493 e. The first-order chi connectivity index (χ1) is 14.8. The van der Waals surface area contributed by atoms with Gasteiger partial charge in [0.1, 0.15) is 12.1 Å². The average molecular weight is 403 g/mol. The number of rotatable bonds is 8. The summed E-state index contributed by atoms with van der Waals surface area (Å²) in [6.07, 6.45) is 5.10. The molecule has 1 aromatic heterocycles. The van der Waals surface area contributed by atoms with Crippen LogP contribution < -0.4 is 14.8 Å². The molecule has 154 valence electrons. The van der Waals surface area contributed by atoms with Gasteiger partial charge in [-0.25, -0.2) is 9.97 Å². The average Bonchev–Trinajstić information content (AvgIpc) is 3.30. The van der Waals surface area contributed by atoms with Crippen LogP contribution in [0.5, 0.6) is 11.5 Å². The summed E-state index contributed by atoms with van der Waals surface area (Å²) in [5.41, 5.74) is 2.13. The lowest BCUT2D eigenvalue weighted by atomic mass is 10.2. The van der Waals surface area contributed by atoms with E-state index in [1.165, 1.54) is 32.3 Å². The van der Waals surface area contributed by atoms with Gasteiger partial charge in [0.25, 0.3) is 0 Å². The fraction of sp³-hybridized carbons (Fsp3) is 0.348. The summed E-state index contributed by atoms with van der Waals surface area (Å²) >= 11 is 0. The van der Waals surface area contributed by atoms with Crippen molar-refractivity contribution in [3.05, 3.63) is 48.3 Å². The van der Waals surface area contributed by atoms with Gasteiger partial charge in [-0.15, -0.1) is 0 Å². The van der Waals surface area contributed by atoms with Crippen molar-refractivity contribution in [2.45, 2.75) is 19.3 Å². The summed E-state index contributed by atoms with van der Waals surface area (Å²) in [5, 5.41) is 13.2. The Morgan fingerprint density at radius 1 is 1.13 bits per heavy atom. The first kappa shape index (κ1) is 19.9. The number of fused-ring (bicyclic) bond motifs is 1. The van der Waals surface area contributed by atoms with Crippen molar-refractivity contribution in [3.63, 3.8) is 0 Å². The zero-order valence-corrected chi connectivity index (χ0v) is 17.1. The SMILES string of the molecule is COc1cc2c(Nc3cccc(C#N)c3)ncnc2cc1OCCCN1CCCC1. The van der Waals surface area contributed by atoms with Gasteiger partial charge in [0.05, 0.1) is 30.9 Å². The van der Waals surface area contributed by atoms with Crippen LogP contribution in [0, 0.1) is 11.3 Å². The van der Waals surface area contributed by atoms with E-state index in [0.29, 0.717) is 29.5 Å². The van der Waals surface area contributed by atoms with Gasteiger partial charge in [-0.05, 0) is 56.6 Å².